The predicted molar refractivity (Wildman–Crippen MR) is 131 cm³/mol. The van der Waals surface area contributed by atoms with Crippen molar-refractivity contribution in [1.29, 1.82) is 0 Å². The molecule has 0 bridgehead atoms. The maximum Gasteiger partial charge on any atom is 0.263 e. The van der Waals surface area contributed by atoms with Crippen LogP contribution in [0.4, 0.5) is 5.69 Å². The average molecular weight is 524 g/mol. The lowest BCUT2D eigenvalue weighted by Gasteiger charge is -2.34. The van der Waals surface area contributed by atoms with Crippen molar-refractivity contribution in [3.63, 3.8) is 0 Å². The van der Waals surface area contributed by atoms with Crippen LogP contribution in [0.3, 0.4) is 0 Å². The SMILES string of the molecule is CCS(=O)(=O)N1CC(C(=O)NCCOc2ccc(S(=O)(=O)N3CCCC3)cc2)Oc2ccccc21. The fourth-order valence-corrected chi connectivity index (χ4v) is 6.64. The van der Waals surface area contributed by atoms with Crippen LogP contribution in [-0.2, 0) is 24.8 Å². The van der Waals surface area contributed by atoms with Crippen LogP contribution in [0.25, 0.3) is 0 Å². The summed E-state index contributed by atoms with van der Waals surface area (Å²) in [6.45, 7) is 2.82. The molecule has 1 atom stereocenters. The molecule has 2 heterocycles. The highest BCUT2D eigenvalue weighted by Gasteiger charge is 2.35. The van der Waals surface area contributed by atoms with Gasteiger partial charge < -0.3 is 14.8 Å². The third-order valence-corrected chi connectivity index (χ3v) is 9.58. The summed E-state index contributed by atoms with van der Waals surface area (Å²) in [5.74, 6) is 0.257. The van der Waals surface area contributed by atoms with Crippen LogP contribution in [0.5, 0.6) is 11.5 Å². The minimum atomic E-state index is -3.58. The summed E-state index contributed by atoms with van der Waals surface area (Å²) in [6, 6.07) is 12.9. The fourth-order valence-electron chi connectivity index (χ4n) is 4.00. The highest BCUT2D eigenvalue weighted by molar-refractivity contribution is 7.92. The standard InChI is InChI=1S/C23H29N3O7S2/c1-2-34(28,29)26-17-22(33-21-8-4-3-7-20(21)26)23(27)24-13-16-32-18-9-11-19(12-10-18)35(30,31)25-14-5-6-15-25/h3-4,7-12,22H,2,5-6,13-17H2,1H3,(H,24,27). The van der Waals surface area contributed by atoms with Crippen molar-refractivity contribution in [2.75, 3.05) is 42.8 Å². The minimum Gasteiger partial charge on any atom is -0.492 e. The molecule has 4 rings (SSSR count). The van der Waals surface area contributed by atoms with Crippen molar-refractivity contribution in [2.24, 2.45) is 0 Å². The molecule has 10 nitrogen and oxygen atoms in total. The smallest absolute Gasteiger partial charge is 0.263 e. The van der Waals surface area contributed by atoms with E-state index in [-0.39, 0.29) is 30.3 Å². The number of fused-ring (bicyclic) bond motifs is 1. The molecule has 1 saturated heterocycles. The van der Waals surface area contributed by atoms with Crippen LogP contribution in [0.15, 0.2) is 53.4 Å². The summed E-state index contributed by atoms with van der Waals surface area (Å²) in [5, 5.41) is 2.70. The van der Waals surface area contributed by atoms with Gasteiger partial charge in [0.1, 0.15) is 18.1 Å². The molecule has 0 aromatic heterocycles. The number of hydrogen-bond donors (Lipinski definition) is 1. The van der Waals surface area contributed by atoms with Gasteiger partial charge in [0, 0.05) is 13.1 Å². The number of amides is 1. The number of nitrogens with zero attached hydrogens (tertiary/aromatic N) is 2. The zero-order chi connectivity index (χ0) is 25.1. The Labute approximate surface area is 205 Å². The summed E-state index contributed by atoms with van der Waals surface area (Å²) < 4.78 is 64.3. The van der Waals surface area contributed by atoms with E-state index in [0.29, 0.717) is 30.3 Å². The molecule has 2 aromatic rings. The molecule has 35 heavy (non-hydrogen) atoms. The Morgan fingerprint density at radius 3 is 2.43 bits per heavy atom. The van der Waals surface area contributed by atoms with E-state index in [0.717, 1.165) is 12.8 Å². The van der Waals surface area contributed by atoms with Gasteiger partial charge in [-0.25, -0.2) is 16.8 Å². The van der Waals surface area contributed by atoms with E-state index in [2.05, 4.69) is 5.32 Å². The molecule has 0 aliphatic carbocycles. The summed E-state index contributed by atoms with van der Waals surface area (Å²) in [7, 11) is -7.06. The van der Waals surface area contributed by atoms with Crippen LogP contribution < -0.4 is 19.1 Å². The molecular weight excluding hydrogens is 494 g/mol. The van der Waals surface area contributed by atoms with Crippen LogP contribution in [0.1, 0.15) is 19.8 Å². The first kappa shape index (κ1) is 25.3. The first-order chi connectivity index (χ1) is 16.7. The van der Waals surface area contributed by atoms with E-state index in [1.54, 1.807) is 43.3 Å². The third kappa shape index (κ3) is 5.54. The van der Waals surface area contributed by atoms with Gasteiger partial charge in [-0.05, 0) is 56.2 Å². The van der Waals surface area contributed by atoms with Crippen molar-refractivity contribution in [1.82, 2.24) is 9.62 Å². The number of ether oxygens (including phenoxy) is 2. The van der Waals surface area contributed by atoms with Gasteiger partial charge >= 0.3 is 0 Å². The van der Waals surface area contributed by atoms with E-state index >= 15 is 0 Å². The van der Waals surface area contributed by atoms with Gasteiger partial charge in [0.25, 0.3) is 5.91 Å². The molecule has 2 aromatic carbocycles. The normalized spacial score (nSPS) is 18.5. The molecule has 0 radical (unpaired) electrons. The number of rotatable bonds is 9. The average Bonchev–Trinajstić information content (AvgIpc) is 3.42. The maximum absolute atomic E-state index is 12.7. The topological polar surface area (TPSA) is 122 Å². The van der Waals surface area contributed by atoms with Gasteiger partial charge in [0.15, 0.2) is 6.10 Å². The van der Waals surface area contributed by atoms with Gasteiger partial charge in [-0.2, -0.15) is 4.31 Å². The number of nitrogens with one attached hydrogen (secondary N) is 1. The lowest BCUT2D eigenvalue weighted by Crippen LogP contribution is -2.51. The van der Waals surface area contributed by atoms with Gasteiger partial charge in [0.05, 0.1) is 29.4 Å². The summed E-state index contributed by atoms with van der Waals surface area (Å²) >= 11 is 0. The van der Waals surface area contributed by atoms with Crippen LogP contribution in [0, 0.1) is 0 Å². The molecule has 1 amide bonds. The fraction of sp³-hybridized carbons (Fsp3) is 0.435. The van der Waals surface area contributed by atoms with E-state index in [4.69, 9.17) is 9.47 Å². The maximum atomic E-state index is 12.7. The molecule has 1 unspecified atom stereocenters. The number of hydrogen-bond acceptors (Lipinski definition) is 7. The Morgan fingerprint density at radius 1 is 1.06 bits per heavy atom. The molecule has 12 heteroatoms. The molecule has 190 valence electrons. The summed E-state index contributed by atoms with van der Waals surface area (Å²) in [4.78, 5) is 12.9. The van der Waals surface area contributed by atoms with Crippen molar-refractivity contribution in [2.45, 2.75) is 30.8 Å². The van der Waals surface area contributed by atoms with E-state index in [1.807, 2.05) is 0 Å². The molecule has 1 fully saturated rings. The Bertz CT molecular complexity index is 1260. The second-order valence-electron chi connectivity index (χ2n) is 8.23. The third-order valence-electron chi connectivity index (χ3n) is 5.92. The van der Waals surface area contributed by atoms with Crippen LogP contribution >= 0.6 is 0 Å². The second-order valence-corrected chi connectivity index (χ2v) is 12.3. The van der Waals surface area contributed by atoms with Gasteiger partial charge in [0.2, 0.25) is 20.0 Å². The number of benzene rings is 2. The monoisotopic (exact) mass is 523 g/mol. The van der Waals surface area contributed by atoms with Crippen molar-refractivity contribution in [3.05, 3.63) is 48.5 Å². The second kappa shape index (κ2) is 10.4. The zero-order valence-corrected chi connectivity index (χ0v) is 21.1. The van der Waals surface area contributed by atoms with Gasteiger partial charge in [-0.15, -0.1) is 0 Å². The lowest BCUT2D eigenvalue weighted by molar-refractivity contribution is -0.127. The summed E-state index contributed by atoms with van der Waals surface area (Å²) in [5.41, 5.74) is 0.414. The van der Waals surface area contributed by atoms with E-state index in [9.17, 15) is 21.6 Å². The molecule has 2 aliphatic heterocycles. The van der Waals surface area contributed by atoms with Crippen LogP contribution in [-0.4, -0.2) is 71.7 Å². The van der Waals surface area contributed by atoms with Gasteiger partial charge in [-0.3, -0.25) is 9.10 Å². The number of sulfonamides is 2. The zero-order valence-electron chi connectivity index (χ0n) is 19.4. The summed E-state index contributed by atoms with van der Waals surface area (Å²) in [6.07, 6.45) is 0.745. The molecule has 2 aliphatic rings. The Balaban J connectivity index is 1.30. The Kier molecular flexibility index (Phi) is 7.53. The molecule has 1 N–H and O–H groups in total. The highest BCUT2D eigenvalue weighted by atomic mass is 32.2. The van der Waals surface area contributed by atoms with E-state index < -0.39 is 32.1 Å². The predicted octanol–water partition coefficient (Wildman–Crippen LogP) is 1.58. The lowest BCUT2D eigenvalue weighted by atomic mass is 10.2. The number of anilines is 1. The Hall–Kier alpha value is -2.83. The van der Waals surface area contributed by atoms with Crippen molar-refractivity contribution < 1.29 is 31.1 Å². The van der Waals surface area contributed by atoms with Gasteiger partial charge in [-0.1, -0.05) is 12.1 Å². The van der Waals surface area contributed by atoms with Crippen LogP contribution in [0.2, 0.25) is 0 Å². The quantitative estimate of drug-likeness (QED) is 0.495. The first-order valence-electron chi connectivity index (χ1n) is 11.5. The molecule has 0 spiro atoms. The van der Waals surface area contributed by atoms with E-state index in [1.165, 1.54) is 20.7 Å². The minimum absolute atomic E-state index is 0.0956. The van der Waals surface area contributed by atoms with Crippen molar-refractivity contribution in [3.8, 4) is 11.5 Å². The number of carbonyl (C=O) groups excluding carboxylic acids is 1. The largest absolute Gasteiger partial charge is 0.492 e. The van der Waals surface area contributed by atoms with Crippen molar-refractivity contribution >= 4 is 31.6 Å². The molecular formula is C23H29N3O7S2. The highest BCUT2D eigenvalue weighted by Crippen LogP contribution is 2.35. The number of carbonyl (C=O) groups is 1. The molecule has 0 saturated carbocycles. The number of para-hydroxylation sites is 2. The first-order valence-corrected chi connectivity index (χ1v) is 14.5. The Morgan fingerprint density at radius 2 is 1.74 bits per heavy atom.